The van der Waals surface area contributed by atoms with Crippen LogP contribution in [0.5, 0.6) is 0 Å². The van der Waals surface area contributed by atoms with E-state index in [1.807, 2.05) is 0 Å². The molecule has 0 heterocycles. The van der Waals surface area contributed by atoms with Crippen LogP contribution in [0, 0.1) is 0 Å². The highest BCUT2D eigenvalue weighted by molar-refractivity contribution is 4.43. The molecule has 0 radical (unpaired) electrons. The molecule has 0 rings (SSSR count). The average molecular weight is 306 g/mol. The second-order valence-corrected chi connectivity index (χ2v) is 5.15. The van der Waals surface area contributed by atoms with Crippen molar-refractivity contribution in [2.75, 3.05) is 39.6 Å². The quantitative estimate of drug-likeness (QED) is 0.454. The monoisotopic (exact) mass is 306 g/mol. The smallest absolute Gasteiger partial charge is 0.0698 e. The lowest BCUT2D eigenvalue weighted by molar-refractivity contribution is 0.0650. The van der Waals surface area contributed by atoms with Gasteiger partial charge in [0.25, 0.3) is 0 Å². The SMILES string of the molecule is CCCCCCCCOCCCCC.OCCOCCO. The minimum atomic E-state index is 0.0278. The molecule has 0 unspecified atom stereocenters. The number of unbranched alkanes of at least 4 members (excludes halogenated alkanes) is 7. The van der Waals surface area contributed by atoms with E-state index in [4.69, 9.17) is 14.9 Å². The molecule has 0 aromatic carbocycles. The fraction of sp³-hybridized carbons (Fsp3) is 1.00. The van der Waals surface area contributed by atoms with Gasteiger partial charge in [-0.15, -0.1) is 0 Å². The Hall–Kier alpha value is -0.160. The Labute approximate surface area is 131 Å². The molecule has 0 bridgehead atoms. The summed E-state index contributed by atoms with van der Waals surface area (Å²) in [6, 6.07) is 0. The predicted molar refractivity (Wildman–Crippen MR) is 88.7 cm³/mol. The fourth-order valence-corrected chi connectivity index (χ4v) is 1.77. The molecular weight excluding hydrogens is 268 g/mol. The van der Waals surface area contributed by atoms with Crippen LogP contribution in [0.3, 0.4) is 0 Å². The van der Waals surface area contributed by atoms with Gasteiger partial charge in [-0.3, -0.25) is 0 Å². The first-order chi connectivity index (χ1) is 10.3. The Bertz CT molecular complexity index is 138. The van der Waals surface area contributed by atoms with Crippen molar-refractivity contribution in [2.24, 2.45) is 0 Å². The van der Waals surface area contributed by atoms with Gasteiger partial charge in [0.15, 0.2) is 0 Å². The highest BCUT2D eigenvalue weighted by atomic mass is 16.5. The van der Waals surface area contributed by atoms with Gasteiger partial charge in [-0.1, -0.05) is 58.8 Å². The van der Waals surface area contributed by atoms with E-state index in [1.165, 1.54) is 57.8 Å². The van der Waals surface area contributed by atoms with Crippen LogP contribution >= 0.6 is 0 Å². The average Bonchev–Trinajstić information content (AvgIpc) is 2.50. The van der Waals surface area contributed by atoms with Crippen LogP contribution in [0.15, 0.2) is 0 Å². The van der Waals surface area contributed by atoms with E-state index in [9.17, 15) is 0 Å². The van der Waals surface area contributed by atoms with Gasteiger partial charge in [-0.2, -0.15) is 0 Å². The van der Waals surface area contributed by atoms with E-state index in [-0.39, 0.29) is 13.2 Å². The summed E-state index contributed by atoms with van der Waals surface area (Å²) < 4.78 is 10.2. The van der Waals surface area contributed by atoms with E-state index < -0.39 is 0 Å². The van der Waals surface area contributed by atoms with Crippen molar-refractivity contribution in [3.05, 3.63) is 0 Å². The number of rotatable bonds is 15. The van der Waals surface area contributed by atoms with E-state index in [0.29, 0.717) is 13.2 Å². The standard InChI is InChI=1S/C13H28O.C4H10O3/c1-3-5-7-8-9-11-13-14-12-10-6-4-2;5-1-3-7-4-2-6/h3-13H2,1-2H3;5-6H,1-4H2. The number of ether oxygens (including phenoxy) is 2. The number of aliphatic hydroxyl groups is 2. The zero-order chi connectivity index (χ0) is 16.0. The first-order valence-electron chi connectivity index (χ1n) is 8.70. The van der Waals surface area contributed by atoms with Gasteiger partial charge in [0.1, 0.15) is 0 Å². The zero-order valence-corrected chi connectivity index (χ0v) is 14.3. The third kappa shape index (κ3) is 28.7. The Kier molecular flexibility index (Phi) is 27.3. The molecule has 0 aliphatic carbocycles. The van der Waals surface area contributed by atoms with Crippen LogP contribution in [0.25, 0.3) is 0 Å². The normalized spacial score (nSPS) is 10.3. The van der Waals surface area contributed by atoms with Crippen LogP contribution in [0.2, 0.25) is 0 Å². The first kappa shape index (κ1) is 23.1. The molecular formula is C17H38O4. The second-order valence-electron chi connectivity index (χ2n) is 5.15. The molecule has 130 valence electrons. The van der Waals surface area contributed by atoms with Gasteiger partial charge >= 0.3 is 0 Å². The van der Waals surface area contributed by atoms with Gasteiger partial charge in [0.2, 0.25) is 0 Å². The maximum absolute atomic E-state index is 8.09. The van der Waals surface area contributed by atoms with Gasteiger partial charge in [0.05, 0.1) is 26.4 Å². The molecule has 0 aliphatic rings. The highest BCUT2D eigenvalue weighted by Gasteiger charge is 1.91. The molecule has 21 heavy (non-hydrogen) atoms. The lowest BCUT2D eigenvalue weighted by Crippen LogP contribution is -2.03. The summed E-state index contributed by atoms with van der Waals surface area (Å²) in [7, 11) is 0. The molecule has 4 nitrogen and oxygen atoms in total. The molecule has 0 aromatic heterocycles. The minimum Gasteiger partial charge on any atom is -0.394 e. The highest BCUT2D eigenvalue weighted by Crippen LogP contribution is 2.05. The van der Waals surface area contributed by atoms with Crippen molar-refractivity contribution in [1.82, 2.24) is 0 Å². The van der Waals surface area contributed by atoms with Crippen molar-refractivity contribution in [1.29, 1.82) is 0 Å². The topological polar surface area (TPSA) is 58.9 Å². The molecule has 0 saturated carbocycles. The van der Waals surface area contributed by atoms with Crippen molar-refractivity contribution in [2.45, 2.75) is 71.6 Å². The molecule has 0 fully saturated rings. The van der Waals surface area contributed by atoms with Gasteiger partial charge in [0, 0.05) is 13.2 Å². The minimum absolute atomic E-state index is 0.0278. The fourth-order valence-electron chi connectivity index (χ4n) is 1.77. The maximum atomic E-state index is 8.09. The lowest BCUT2D eigenvalue weighted by atomic mass is 10.1. The zero-order valence-electron chi connectivity index (χ0n) is 14.3. The summed E-state index contributed by atoms with van der Waals surface area (Å²) in [6.07, 6.45) is 12.0. The largest absolute Gasteiger partial charge is 0.394 e. The van der Waals surface area contributed by atoms with E-state index >= 15 is 0 Å². The number of aliphatic hydroxyl groups excluding tert-OH is 2. The Morgan fingerprint density at radius 3 is 1.43 bits per heavy atom. The molecule has 0 amide bonds. The van der Waals surface area contributed by atoms with Crippen LogP contribution in [-0.2, 0) is 9.47 Å². The molecule has 0 saturated heterocycles. The van der Waals surface area contributed by atoms with Crippen molar-refractivity contribution in [3.63, 3.8) is 0 Å². The van der Waals surface area contributed by atoms with E-state index in [2.05, 4.69) is 18.6 Å². The third-order valence-corrected chi connectivity index (χ3v) is 3.01. The Balaban J connectivity index is 0. The second kappa shape index (κ2) is 24.8. The van der Waals surface area contributed by atoms with Crippen molar-refractivity contribution in [3.8, 4) is 0 Å². The predicted octanol–water partition coefficient (Wildman–Crippen LogP) is 3.54. The Morgan fingerprint density at radius 1 is 0.524 bits per heavy atom. The molecule has 4 heteroatoms. The summed E-state index contributed by atoms with van der Waals surface area (Å²) in [4.78, 5) is 0. The van der Waals surface area contributed by atoms with Gasteiger partial charge in [-0.25, -0.2) is 0 Å². The van der Waals surface area contributed by atoms with Crippen molar-refractivity contribution < 1.29 is 19.7 Å². The molecule has 0 spiro atoms. The molecule has 2 N–H and O–H groups in total. The number of hydrogen-bond acceptors (Lipinski definition) is 4. The summed E-state index contributed by atoms with van der Waals surface area (Å²) in [6.45, 7) is 7.14. The van der Waals surface area contributed by atoms with Crippen molar-refractivity contribution >= 4 is 0 Å². The lowest BCUT2D eigenvalue weighted by Gasteiger charge is -2.03. The molecule has 0 aliphatic heterocycles. The van der Waals surface area contributed by atoms with E-state index in [1.54, 1.807) is 0 Å². The van der Waals surface area contributed by atoms with E-state index in [0.717, 1.165) is 13.2 Å². The van der Waals surface area contributed by atoms with Gasteiger partial charge < -0.3 is 19.7 Å². The molecule has 0 aromatic rings. The Morgan fingerprint density at radius 2 is 0.905 bits per heavy atom. The molecule has 0 atom stereocenters. The van der Waals surface area contributed by atoms with Crippen LogP contribution in [-0.4, -0.2) is 49.9 Å². The summed E-state index contributed by atoms with van der Waals surface area (Å²) in [5.74, 6) is 0. The summed E-state index contributed by atoms with van der Waals surface area (Å²) in [5.41, 5.74) is 0. The number of hydrogen-bond donors (Lipinski definition) is 2. The summed E-state index contributed by atoms with van der Waals surface area (Å²) in [5, 5.41) is 16.2. The van der Waals surface area contributed by atoms with Gasteiger partial charge in [-0.05, 0) is 12.8 Å². The summed E-state index contributed by atoms with van der Waals surface area (Å²) >= 11 is 0. The first-order valence-corrected chi connectivity index (χ1v) is 8.70. The van der Waals surface area contributed by atoms with Crippen LogP contribution < -0.4 is 0 Å². The van der Waals surface area contributed by atoms with Crippen LogP contribution in [0.4, 0.5) is 0 Å². The third-order valence-electron chi connectivity index (χ3n) is 3.01. The maximum Gasteiger partial charge on any atom is 0.0698 e. The van der Waals surface area contributed by atoms with Crippen LogP contribution in [0.1, 0.15) is 71.6 Å².